The van der Waals surface area contributed by atoms with Gasteiger partial charge in [0.2, 0.25) is 10.0 Å². The summed E-state index contributed by atoms with van der Waals surface area (Å²) in [6.45, 7) is 5.85. The summed E-state index contributed by atoms with van der Waals surface area (Å²) in [4.78, 5) is 2.04. The molecule has 0 radical (unpaired) electrons. The standard InChI is InChI=1S/C21H24N6O2S/c1-17-3-5-19(6-4-17)10-16-30(28,29)26-14-12-25(13-15-26)20-7-8-21(23-22-20)27-11-9-18(2)24-27/h3-11,16H,12-15H2,1-2H3/b16-10+. The minimum Gasteiger partial charge on any atom is -0.352 e. The molecule has 0 N–H and O–H groups in total. The molecule has 0 amide bonds. The van der Waals surface area contributed by atoms with E-state index in [1.807, 2.05) is 67.4 Å². The van der Waals surface area contributed by atoms with Crippen molar-refractivity contribution < 1.29 is 8.42 Å². The summed E-state index contributed by atoms with van der Waals surface area (Å²) in [6.07, 6.45) is 3.48. The maximum atomic E-state index is 12.7. The molecule has 0 atom stereocenters. The topological polar surface area (TPSA) is 84.2 Å². The van der Waals surface area contributed by atoms with Gasteiger partial charge in [0.15, 0.2) is 11.6 Å². The number of aryl methyl sites for hydroxylation is 2. The van der Waals surface area contributed by atoms with Gasteiger partial charge < -0.3 is 4.90 Å². The average Bonchev–Trinajstić information content (AvgIpc) is 3.20. The fourth-order valence-corrected chi connectivity index (χ4v) is 4.43. The first-order valence-electron chi connectivity index (χ1n) is 9.77. The van der Waals surface area contributed by atoms with Gasteiger partial charge >= 0.3 is 0 Å². The van der Waals surface area contributed by atoms with E-state index in [4.69, 9.17) is 0 Å². The van der Waals surface area contributed by atoms with Crippen molar-refractivity contribution in [3.63, 3.8) is 0 Å². The van der Waals surface area contributed by atoms with Crippen molar-refractivity contribution in [3.8, 4) is 5.82 Å². The molecule has 1 saturated heterocycles. The number of benzene rings is 1. The van der Waals surface area contributed by atoms with Crippen LogP contribution in [0.3, 0.4) is 0 Å². The molecule has 1 fully saturated rings. The second kappa shape index (κ2) is 8.37. The van der Waals surface area contributed by atoms with E-state index in [1.165, 1.54) is 9.71 Å². The average molecular weight is 425 g/mol. The molecule has 9 heteroatoms. The maximum Gasteiger partial charge on any atom is 0.236 e. The summed E-state index contributed by atoms with van der Waals surface area (Å²) in [5, 5.41) is 14.1. The van der Waals surface area contributed by atoms with Gasteiger partial charge in [-0.15, -0.1) is 10.2 Å². The van der Waals surface area contributed by atoms with Crippen molar-refractivity contribution in [1.82, 2.24) is 24.3 Å². The van der Waals surface area contributed by atoms with E-state index in [9.17, 15) is 8.42 Å². The normalized spacial score (nSPS) is 15.7. The first-order chi connectivity index (χ1) is 14.4. The zero-order valence-corrected chi connectivity index (χ0v) is 17.8. The van der Waals surface area contributed by atoms with Crippen LogP contribution in [0.25, 0.3) is 11.9 Å². The molecule has 1 aliphatic rings. The smallest absolute Gasteiger partial charge is 0.236 e. The van der Waals surface area contributed by atoms with Gasteiger partial charge in [-0.1, -0.05) is 29.8 Å². The molecule has 3 heterocycles. The van der Waals surface area contributed by atoms with Crippen LogP contribution >= 0.6 is 0 Å². The van der Waals surface area contributed by atoms with Gasteiger partial charge in [0, 0.05) is 37.8 Å². The number of hydrogen-bond acceptors (Lipinski definition) is 6. The van der Waals surface area contributed by atoms with Gasteiger partial charge in [0.1, 0.15) is 0 Å². The molecule has 0 spiro atoms. The van der Waals surface area contributed by atoms with E-state index < -0.39 is 10.0 Å². The quantitative estimate of drug-likeness (QED) is 0.625. The van der Waals surface area contributed by atoms with Gasteiger partial charge in [-0.2, -0.15) is 9.40 Å². The molecule has 0 unspecified atom stereocenters. The highest BCUT2D eigenvalue weighted by atomic mass is 32.2. The Balaban J connectivity index is 1.37. The Bertz CT molecular complexity index is 1130. The summed E-state index contributed by atoms with van der Waals surface area (Å²) < 4.78 is 28.5. The highest BCUT2D eigenvalue weighted by molar-refractivity contribution is 7.92. The van der Waals surface area contributed by atoms with Crippen molar-refractivity contribution >= 4 is 21.9 Å². The molecule has 30 heavy (non-hydrogen) atoms. The van der Waals surface area contributed by atoms with Crippen LogP contribution in [0.1, 0.15) is 16.8 Å². The van der Waals surface area contributed by atoms with E-state index in [0.717, 1.165) is 22.6 Å². The van der Waals surface area contributed by atoms with Crippen LogP contribution in [0.15, 0.2) is 54.1 Å². The molecule has 3 aromatic rings. The zero-order chi connectivity index (χ0) is 21.1. The number of anilines is 1. The Labute approximate surface area is 176 Å². The number of aromatic nitrogens is 4. The Morgan fingerprint density at radius 2 is 1.53 bits per heavy atom. The monoisotopic (exact) mass is 424 g/mol. The van der Waals surface area contributed by atoms with Gasteiger partial charge in [-0.25, -0.2) is 13.1 Å². The minimum absolute atomic E-state index is 0.405. The zero-order valence-electron chi connectivity index (χ0n) is 17.0. The van der Waals surface area contributed by atoms with Crippen molar-refractivity contribution in [3.05, 3.63) is 70.9 Å². The molecule has 1 aliphatic heterocycles. The van der Waals surface area contributed by atoms with E-state index in [1.54, 1.807) is 10.8 Å². The van der Waals surface area contributed by atoms with Crippen LogP contribution in [-0.2, 0) is 10.0 Å². The predicted molar refractivity (Wildman–Crippen MR) is 117 cm³/mol. The summed E-state index contributed by atoms with van der Waals surface area (Å²) in [5.74, 6) is 1.38. The third kappa shape index (κ3) is 4.58. The van der Waals surface area contributed by atoms with Crippen molar-refractivity contribution in [2.45, 2.75) is 13.8 Å². The lowest BCUT2D eigenvalue weighted by molar-refractivity contribution is 0.388. The lowest BCUT2D eigenvalue weighted by Gasteiger charge is -2.33. The second-order valence-corrected chi connectivity index (χ2v) is 9.11. The predicted octanol–water partition coefficient (Wildman–Crippen LogP) is 2.40. The summed E-state index contributed by atoms with van der Waals surface area (Å²) in [5.41, 5.74) is 2.92. The highest BCUT2D eigenvalue weighted by Gasteiger charge is 2.25. The van der Waals surface area contributed by atoms with Crippen molar-refractivity contribution in [2.24, 2.45) is 0 Å². The molecule has 156 valence electrons. The lowest BCUT2D eigenvalue weighted by atomic mass is 10.2. The molecule has 1 aromatic carbocycles. The molecule has 0 bridgehead atoms. The lowest BCUT2D eigenvalue weighted by Crippen LogP contribution is -2.48. The third-order valence-electron chi connectivity index (χ3n) is 5.03. The first-order valence-corrected chi connectivity index (χ1v) is 11.3. The van der Waals surface area contributed by atoms with Crippen LogP contribution in [-0.4, -0.2) is 58.9 Å². The molecule has 4 rings (SSSR count). The van der Waals surface area contributed by atoms with E-state index >= 15 is 0 Å². The Kier molecular flexibility index (Phi) is 5.65. The van der Waals surface area contributed by atoms with Crippen LogP contribution < -0.4 is 4.90 Å². The number of nitrogens with zero attached hydrogens (tertiary/aromatic N) is 6. The molecule has 8 nitrogen and oxygen atoms in total. The SMILES string of the molecule is Cc1ccc(/C=C/S(=O)(=O)N2CCN(c3ccc(-n4ccc(C)n4)nn3)CC2)cc1. The largest absolute Gasteiger partial charge is 0.352 e. The van der Waals surface area contributed by atoms with Crippen LogP contribution in [0.5, 0.6) is 0 Å². The fraction of sp³-hybridized carbons (Fsp3) is 0.286. The summed E-state index contributed by atoms with van der Waals surface area (Å²) in [7, 11) is -3.46. The van der Waals surface area contributed by atoms with E-state index in [-0.39, 0.29) is 0 Å². The van der Waals surface area contributed by atoms with Gasteiger partial charge in [-0.3, -0.25) is 0 Å². The molecule has 2 aromatic heterocycles. The highest BCUT2D eigenvalue weighted by Crippen LogP contribution is 2.17. The first kappa shape index (κ1) is 20.2. The Morgan fingerprint density at radius 3 is 2.13 bits per heavy atom. The molecular formula is C21H24N6O2S. The molecule has 0 saturated carbocycles. The second-order valence-electron chi connectivity index (χ2n) is 7.30. The van der Waals surface area contributed by atoms with Crippen LogP contribution in [0.4, 0.5) is 5.82 Å². The van der Waals surface area contributed by atoms with Crippen molar-refractivity contribution in [2.75, 3.05) is 31.1 Å². The van der Waals surface area contributed by atoms with Crippen LogP contribution in [0.2, 0.25) is 0 Å². The molecular weight excluding hydrogens is 400 g/mol. The number of hydrogen-bond donors (Lipinski definition) is 0. The Hall–Kier alpha value is -3.04. The number of rotatable bonds is 5. The Morgan fingerprint density at radius 1 is 0.867 bits per heavy atom. The maximum absolute atomic E-state index is 12.7. The summed E-state index contributed by atoms with van der Waals surface area (Å²) >= 11 is 0. The van der Waals surface area contributed by atoms with Gasteiger partial charge in [0.25, 0.3) is 0 Å². The minimum atomic E-state index is -3.46. The van der Waals surface area contributed by atoms with Gasteiger partial charge in [0.05, 0.1) is 5.69 Å². The van der Waals surface area contributed by atoms with Crippen molar-refractivity contribution in [1.29, 1.82) is 0 Å². The molecule has 0 aliphatic carbocycles. The fourth-order valence-electron chi connectivity index (χ4n) is 3.25. The number of piperazine rings is 1. The van der Waals surface area contributed by atoms with Crippen LogP contribution in [0, 0.1) is 13.8 Å². The third-order valence-corrected chi connectivity index (χ3v) is 6.59. The summed E-state index contributed by atoms with van der Waals surface area (Å²) in [6, 6.07) is 13.4. The van der Waals surface area contributed by atoms with E-state index in [0.29, 0.717) is 32.0 Å². The van der Waals surface area contributed by atoms with Gasteiger partial charge in [-0.05, 0) is 43.7 Å². The van der Waals surface area contributed by atoms with E-state index in [2.05, 4.69) is 15.3 Å². The number of sulfonamides is 1.